The Balaban J connectivity index is 3.12. The summed E-state index contributed by atoms with van der Waals surface area (Å²) in [7, 11) is 0. The van der Waals surface area contributed by atoms with Crippen LogP contribution in [0.5, 0.6) is 0 Å². The molecule has 0 bridgehead atoms. The maximum absolute atomic E-state index is 10.5. The van der Waals surface area contributed by atoms with Crippen molar-refractivity contribution in [1.82, 2.24) is 0 Å². The zero-order chi connectivity index (χ0) is 9.14. The normalized spacial score (nSPS) is 8.92. The van der Waals surface area contributed by atoms with Crippen LogP contribution in [0.25, 0.3) is 5.57 Å². The third-order valence-electron chi connectivity index (χ3n) is 1.35. The van der Waals surface area contributed by atoms with Gasteiger partial charge in [-0.05, 0) is 11.4 Å². The first-order chi connectivity index (χ1) is 5.66. The molecule has 3 nitrogen and oxygen atoms in total. The van der Waals surface area contributed by atoms with Crippen molar-refractivity contribution in [2.75, 3.05) is 0 Å². The minimum atomic E-state index is -1.09. The minimum Gasteiger partial charge on any atom is -0.478 e. The predicted octanol–water partition coefficient (Wildman–Crippen LogP) is 1.72. The van der Waals surface area contributed by atoms with Crippen molar-refractivity contribution in [1.29, 1.82) is 5.26 Å². The van der Waals surface area contributed by atoms with Crippen LogP contribution in [0.4, 0.5) is 0 Å². The lowest BCUT2D eigenvalue weighted by Gasteiger charge is -1.94. The van der Waals surface area contributed by atoms with Crippen LogP contribution < -0.4 is 0 Å². The number of carbonyl (C=O) groups is 1. The molecular formula is C8H5NO2S. The summed E-state index contributed by atoms with van der Waals surface area (Å²) >= 11 is 1.21. The van der Waals surface area contributed by atoms with Gasteiger partial charge in [0.25, 0.3) is 0 Å². The summed E-state index contributed by atoms with van der Waals surface area (Å²) in [5.41, 5.74) is 0.378. The van der Waals surface area contributed by atoms with E-state index in [2.05, 4.69) is 6.58 Å². The van der Waals surface area contributed by atoms with Gasteiger partial charge in [0.15, 0.2) is 0 Å². The second-order valence-electron chi connectivity index (χ2n) is 2.06. The van der Waals surface area contributed by atoms with Crippen LogP contribution in [-0.2, 0) is 4.79 Å². The molecule has 0 amide bonds. The molecule has 0 aromatic carbocycles. The second kappa shape index (κ2) is 3.20. The molecule has 0 fully saturated rings. The number of rotatable bonds is 2. The third-order valence-corrected chi connectivity index (χ3v) is 2.17. The van der Waals surface area contributed by atoms with Crippen LogP contribution in [0, 0.1) is 11.3 Å². The van der Waals surface area contributed by atoms with Crippen molar-refractivity contribution >= 4 is 22.9 Å². The van der Waals surface area contributed by atoms with E-state index in [1.165, 1.54) is 11.3 Å². The van der Waals surface area contributed by atoms with Crippen LogP contribution >= 0.6 is 11.3 Å². The Hall–Kier alpha value is -1.60. The van der Waals surface area contributed by atoms with Gasteiger partial charge < -0.3 is 5.11 Å². The Morgan fingerprint density at radius 1 is 1.75 bits per heavy atom. The van der Waals surface area contributed by atoms with E-state index in [1.807, 2.05) is 6.07 Å². The first-order valence-corrected chi connectivity index (χ1v) is 3.95. The standard InChI is InChI=1S/C8H5NO2S/c1-5(8(10)11)6-2-3-12-7(6)4-9/h2-3H,1H2,(H,10,11). The van der Waals surface area contributed by atoms with E-state index in [9.17, 15) is 4.79 Å². The summed E-state index contributed by atoms with van der Waals surface area (Å²) in [6.07, 6.45) is 0. The summed E-state index contributed by atoms with van der Waals surface area (Å²) in [5, 5.41) is 18.8. The monoisotopic (exact) mass is 179 g/mol. The highest BCUT2D eigenvalue weighted by atomic mass is 32.1. The maximum Gasteiger partial charge on any atom is 0.335 e. The van der Waals surface area contributed by atoms with E-state index in [1.54, 1.807) is 11.4 Å². The van der Waals surface area contributed by atoms with Crippen molar-refractivity contribution < 1.29 is 9.90 Å². The molecule has 12 heavy (non-hydrogen) atoms. The van der Waals surface area contributed by atoms with Gasteiger partial charge in [0.1, 0.15) is 10.9 Å². The van der Waals surface area contributed by atoms with Gasteiger partial charge in [-0.25, -0.2) is 4.79 Å². The number of thiophene rings is 1. The van der Waals surface area contributed by atoms with E-state index in [-0.39, 0.29) is 5.57 Å². The summed E-state index contributed by atoms with van der Waals surface area (Å²) in [4.78, 5) is 10.9. The molecule has 0 unspecified atom stereocenters. The van der Waals surface area contributed by atoms with Gasteiger partial charge in [0.05, 0.1) is 5.57 Å². The van der Waals surface area contributed by atoms with E-state index in [0.717, 1.165) is 0 Å². The van der Waals surface area contributed by atoms with Gasteiger partial charge in [0.2, 0.25) is 0 Å². The number of hydrogen-bond donors (Lipinski definition) is 1. The van der Waals surface area contributed by atoms with E-state index in [4.69, 9.17) is 10.4 Å². The number of nitrogens with zero attached hydrogens (tertiary/aromatic N) is 1. The molecule has 0 aliphatic heterocycles. The predicted molar refractivity (Wildman–Crippen MR) is 45.7 cm³/mol. The lowest BCUT2D eigenvalue weighted by Crippen LogP contribution is -1.97. The summed E-state index contributed by atoms with van der Waals surface area (Å²) < 4.78 is 0. The molecule has 1 aromatic heterocycles. The fourth-order valence-corrected chi connectivity index (χ4v) is 1.46. The van der Waals surface area contributed by atoms with E-state index >= 15 is 0 Å². The van der Waals surface area contributed by atoms with Crippen LogP contribution in [-0.4, -0.2) is 11.1 Å². The van der Waals surface area contributed by atoms with Gasteiger partial charge in [-0.2, -0.15) is 5.26 Å². The summed E-state index contributed by atoms with van der Waals surface area (Å²) in [6, 6.07) is 3.49. The first kappa shape index (κ1) is 8.50. The van der Waals surface area contributed by atoms with E-state index in [0.29, 0.717) is 10.4 Å². The quantitative estimate of drug-likeness (QED) is 0.703. The largest absolute Gasteiger partial charge is 0.478 e. The molecule has 0 radical (unpaired) electrons. The lowest BCUT2D eigenvalue weighted by molar-refractivity contribution is -0.130. The van der Waals surface area contributed by atoms with Gasteiger partial charge in [0, 0.05) is 5.56 Å². The lowest BCUT2D eigenvalue weighted by atomic mass is 10.1. The molecule has 0 aliphatic carbocycles. The Labute approximate surface area is 73.2 Å². The minimum absolute atomic E-state index is 0.0344. The number of hydrogen-bond acceptors (Lipinski definition) is 3. The van der Waals surface area contributed by atoms with E-state index < -0.39 is 5.97 Å². The molecule has 0 saturated heterocycles. The topological polar surface area (TPSA) is 61.1 Å². The first-order valence-electron chi connectivity index (χ1n) is 3.07. The van der Waals surface area contributed by atoms with Crippen LogP contribution in [0.15, 0.2) is 18.0 Å². The van der Waals surface area contributed by atoms with Crippen LogP contribution in [0.1, 0.15) is 10.4 Å². The van der Waals surface area contributed by atoms with Crippen LogP contribution in [0.2, 0.25) is 0 Å². The SMILES string of the molecule is C=C(C(=O)O)c1ccsc1C#N. The van der Waals surface area contributed by atoms with Gasteiger partial charge in [-0.1, -0.05) is 6.58 Å². The van der Waals surface area contributed by atoms with Gasteiger partial charge >= 0.3 is 5.97 Å². The summed E-state index contributed by atoms with van der Waals surface area (Å²) in [5.74, 6) is -1.09. The van der Waals surface area contributed by atoms with Crippen molar-refractivity contribution in [3.05, 3.63) is 28.5 Å². The number of nitriles is 1. The smallest absolute Gasteiger partial charge is 0.335 e. The molecule has 0 atom stereocenters. The molecule has 1 heterocycles. The number of aliphatic carboxylic acids is 1. The Kier molecular flexibility index (Phi) is 2.26. The molecular weight excluding hydrogens is 174 g/mol. The molecule has 1 rings (SSSR count). The van der Waals surface area contributed by atoms with Crippen LogP contribution in [0.3, 0.4) is 0 Å². The van der Waals surface area contributed by atoms with Gasteiger partial charge in [-0.3, -0.25) is 0 Å². The fraction of sp³-hybridized carbons (Fsp3) is 0. The average molecular weight is 179 g/mol. The molecule has 0 aliphatic rings. The highest BCUT2D eigenvalue weighted by Gasteiger charge is 2.12. The number of carboxylic acid groups (broad SMARTS) is 1. The van der Waals surface area contributed by atoms with Crippen molar-refractivity contribution in [3.63, 3.8) is 0 Å². The van der Waals surface area contributed by atoms with Gasteiger partial charge in [-0.15, -0.1) is 11.3 Å². The Morgan fingerprint density at radius 2 is 2.42 bits per heavy atom. The molecule has 0 spiro atoms. The zero-order valence-electron chi connectivity index (χ0n) is 6.07. The number of carboxylic acids is 1. The third kappa shape index (κ3) is 1.36. The average Bonchev–Trinajstić information content (AvgIpc) is 2.49. The molecule has 0 saturated carbocycles. The second-order valence-corrected chi connectivity index (χ2v) is 2.98. The molecule has 4 heteroatoms. The zero-order valence-corrected chi connectivity index (χ0v) is 6.89. The molecule has 1 aromatic rings. The Morgan fingerprint density at radius 3 is 2.92 bits per heavy atom. The highest BCUT2D eigenvalue weighted by molar-refractivity contribution is 7.10. The maximum atomic E-state index is 10.5. The highest BCUT2D eigenvalue weighted by Crippen LogP contribution is 2.22. The fourth-order valence-electron chi connectivity index (χ4n) is 0.749. The molecule has 1 N–H and O–H groups in total. The van der Waals surface area contributed by atoms with Crippen molar-refractivity contribution in [3.8, 4) is 6.07 Å². The Bertz CT molecular complexity index is 373. The van der Waals surface area contributed by atoms with Crippen molar-refractivity contribution in [2.45, 2.75) is 0 Å². The molecule has 60 valence electrons. The van der Waals surface area contributed by atoms with Crippen molar-refractivity contribution in [2.24, 2.45) is 0 Å². The summed E-state index contributed by atoms with van der Waals surface area (Å²) in [6.45, 7) is 3.36.